The number of nitrogens with one attached hydrogen (secondary N) is 1. The molecule has 3 unspecified atom stereocenters. The number of carbonyl (C=O) groups excluding carboxylic acids is 1. The van der Waals surface area contributed by atoms with Crippen LogP contribution in [0, 0.1) is 29.6 Å². The van der Waals surface area contributed by atoms with Gasteiger partial charge in [0.2, 0.25) is 5.91 Å². The molecule has 1 N–H and O–H groups in total. The first-order valence-corrected chi connectivity index (χ1v) is 11.7. The van der Waals surface area contributed by atoms with Crippen LogP contribution in [0.25, 0.3) is 0 Å². The molecule has 5 fully saturated rings. The number of carbonyl (C=O) groups is 1. The first-order valence-electron chi connectivity index (χ1n) is 11.7. The standard InChI is InChI=1S/C27H30N2O/c30-26(29-28-25-16-20-12-18-11-19(13-20)15-21(25)14-18)24-17-27(24,22-7-3-1-4-8-22)23-9-5-2-6-10-23/h1-10,18-21,24H,11-17H2,(H,29,30). The molecule has 0 aromatic heterocycles. The van der Waals surface area contributed by atoms with E-state index >= 15 is 0 Å². The van der Waals surface area contributed by atoms with E-state index < -0.39 is 0 Å². The van der Waals surface area contributed by atoms with Crippen LogP contribution in [0.3, 0.4) is 0 Å². The third-order valence-electron chi connectivity index (χ3n) is 8.37. The van der Waals surface area contributed by atoms with Gasteiger partial charge < -0.3 is 0 Å². The number of fused-ring (bicyclic) bond motifs is 1. The maximum Gasteiger partial charge on any atom is 0.244 e. The SMILES string of the molecule is O=C(NN=C1CC2CC3CC(C2)CC1C3)C1CC1(c1ccccc1)c1ccccc1. The summed E-state index contributed by atoms with van der Waals surface area (Å²) in [5.74, 6) is 3.25. The molecule has 30 heavy (non-hydrogen) atoms. The van der Waals surface area contributed by atoms with Crippen LogP contribution in [-0.2, 0) is 10.2 Å². The Bertz CT molecular complexity index is 913. The summed E-state index contributed by atoms with van der Waals surface area (Å²) in [5.41, 5.74) is 6.56. The summed E-state index contributed by atoms with van der Waals surface area (Å²) in [4.78, 5) is 13.2. The van der Waals surface area contributed by atoms with Gasteiger partial charge in [0.25, 0.3) is 0 Å². The van der Waals surface area contributed by atoms with Crippen LogP contribution in [-0.4, -0.2) is 11.6 Å². The quantitative estimate of drug-likeness (QED) is 0.697. The third-order valence-corrected chi connectivity index (χ3v) is 8.37. The van der Waals surface area contributed by atoms with Crippen molar-refractivity contribution in [2.75, 3.05) is 0 Å². The lowest BCUT2D eigenvalue weighted by molar-refractivity contribution is -0.122. The van der Waals surface area contributed by atoms with Gasteiger partial charge in [-0.15, -0.1) is 0 Å². The smallest absolute Gasteiger partial charge is 0.244 e. The van der Waals surface area contributed by atoms with Crippen LogP contribution in [0.2, 0.25) is 0 Å². The lowest BCUT2D eigenvalue weighted by Crippen LogP contribution is -2.30. The van der Waals surface area contributed by atoms with Crippen molar-refractivity contribution in [2.45, 2.75) is 50.4 Å². The summed E-state index contributed by atoms with van der Waals surface area (Å²) in [5, 5.41) is 4.77. The average molecular weight is 399 g/mol. The lowest BCUT2D eigenvalue weighted by atomic mass is 9.68. The number of nitrogens with zero attached hydrogens (tertiary/aromatic N) is 1. The summed E-state index contributed by atoms with van der Waals surface area (Å²) in [6.07, 6.45) is 8.75. The lowest BCUT2D eigenvalue weighted by Gasteiger charge is -2.37. The van der Waals surface area contributed by atoms with E-state index in [1.54, 1.807) is 0 Å². The van der Waals surface area contributed by atoms with Crippen LogP contribution < -0.4 is 5.43 Å². The second-order valence-electron chi connectivity index (χ2n) is 10.2. The molecule has 5 aliphatic carbocycles. The maximum absolute atomic E-state index is 13.2. The fourth-order valence-electron chi connectivity index (χ4n) is 7.09. The molecule has 1 amide bonds. The number of amides is 1. The van der Waals surface area contributed by atoms with E-state index in [0.717, 1.165) is 30.6 Å². The van der Waals surface area contributed by atoms with Crippen LogP contribution in [0.15, 0.2) is 65.8 Å². The second-order valence-corrected chi connectivity index (χ2v) is 10.2. The van der Waals surface area contributed by atoms with Gasteiger partial charge in [0, 0.05) is 11.1 Å². The molecule has 0 aliphatic heterocycles. The van der Waals surface area contributed by atoms with E-state index in [4.69, 9.17) is 5.10 Å². The van der Waals surface area contributed by atoms with Crippen molar-refractivity contribution < 1.29 is 4.79 Å². The van der Waals surface area contributed by atoms with E-state index in [-0.39, 0.29) is 17.2 Å². The molecule has 2 aromatic rings. The molecule has 0 radical (unpaired) electrons. The van der Waals surface area contributed by atoms with Gasteiger partial charge in [0.15, 0.2) is 0 Å². The second kappa shape index (κ2) is 7.08. The van der Waals surface area contributed by atoms with Crippen molar-refractivity contribution in [1.82, 2.24) is 5.43 Å². The minimum absolute atomic E-state index is 0.0507. The van der Waals surface area contributed by atoms with Gasteiger partial charge in [-0.3, -0.25) is 4.79 Å². The normalized spacial score (nSPS) is 34.5. The monoisotopic (exact) mass is 398 g/mol. The summed E-state index contributed by atoms with van der Waals surface area (Å²) in [7, 11) is 0. The molecule has 7 rings (SSSR count). The van der Waals surface area contributed by atoms with Gasteiger partial charge in [-0.25, -0.2) is 5.43 Å². The Balaban J connectivity index is 1.24. The van der Waals surface area contributed by atoms with Gasteiger partial charge in [-0.1, -0.05) is 60.7 Å². The predicted octanol–water partition coefficient (Wildman–Crippen LogP) is 5.31. The number of rotatable bonds is 4. The van der Waals surface area contributed by atoms with E-state index in [9.17, 15) is 4.79 Å². The first-order chi connectivity index (χ1) is 14.7. The third kappa shape index (κ3) is 3.02. The highest BCUT2D eigenvalue weighted by Crippen LogP contribution is 2.59. The van der Waals surface area contributed by atoms with Crippen LogP contribution in [0.5, 0.6) is 0 Å². The van der Waals surface area contributed by atoms with Gasteiger partial charge in [0.05, 0.1) is 5.92 Å². The minimum atomic E-state index is -0.215. The fourth-order valence-corrected chi connectivity index (χ4v) is 7.09. The number of hydrogen-bond donors (Lipinski definition) is 1. The number of hydrazone groups is 1. The van der Waals surface area contributed by atoms with E-state index in [1.807, 2.05) is 12.1 Å². The van der Waals surface area contributed by atoms with Crippen LogP contribution >= 0.6 is 0 Å². The molecule has 5 saturated carbocycles. The molecule has 0 spiro atoms. The zero-order chi connectivity index (χ0) is 20.1. The number of hydrogen-bond acceptors (Lipinski definition) is 2. The highest BCUT2D eigenvalue weighted by Gasteiger charge is 2.60. The summed E-state index contributed by atoms with van der Waals surface area (Å²) < 4.78 is 0. The molecule has 3 nitrogen and oxygen atoms in total. The van der Waals surface area contributed by atoms with Gasteiger partial charge in [-0.05, 0) is 79.7 Å². The summed E-state index contributed by atoms with van der Waals surface area (Å²) >= 11 is 0. The fraction of sp³-hybridized carbons (Fsp3) is 0.481. The molecular weight excluding hydrogens is 368 g/mol. The van der Waals surface area contributed by atoms with Crippen molar-refractivity contribution in [2.24, 2.45) is 34.7 Å². The Morgan fingerprint density at radius 3 is 1.97 bits per heavy atom. The van der Waals surface area contributed by atoms with E-state index in [1.165, 1.54) is 48.9 Å². The highest BCUT2D eigenvalue weighted by atomic mass is 16.2. The molecule has 0 saturated heterocycles. The molecule has 154 valence electrons. The van der Waals surface area contributed by atoms with Crippen molar-refractivity contribution in [3.63, 3.8) is 0 Å². The molecule has 0 heterocycles. The largest absolute Gasteiger partial charge is 0.273 e. The minimum Gasteiger partial charge on any atom is -0.273 e. The van der Waals surface area contributed by atoms with Gasteiger partial charge in [0.1, 0.15) is 0 Å². The molecule has 2 aromatic carbocycles. The Labute approximate surface area is 179 Å². The summed E-state index contributed by atoms with van der Waals surface area (Å²) in [6, 6.07) is 21.0. The molecule has 4 bridgehead atoms. The van der Waals surface area contributed by atoms with E-state index in [0.29, 0.717) is 5.92 Å². The topological polar surface area (TPSA) is 41.5 Å². The predicted molar refractivity (Wildman–Crippen MR) is 119 cm³/mol. The zero-order valence-corrected chi connectivity index (χ0v) is 17.5. The number of benzene rings is 2. The van der Waals surface area contributed by atoms with Crippen LogP contribution in [0.4, 0.5) is 0 Å². The Morgan fingerprint density at radius 2 is 1.37 bits per heavy atom. The Hall–Kier alpha value is -2.42. The highest BCUT2D eigenvalue weighted by molar-refractivity contribution is 5.91. The van der Waals surface area contributed by atoms with Gasteiger partial charge in [-0.2, -0.15) is 5.10 Å². The van der Waals surface area contributed by atoms with E-state index in [2.05, 4.69) is 54.0 Å². The average Bonchev–Trinajstić information content (AvgIpc) is 3.56. The Morgan fingerprint density at radius 1 is 0.800 bits per heavy atom. The van der Waals surface area contributed by atoms with Crippen LogP contribution in [0.1, 0.15) is 56.1 Å². The molecule has 3 atom stereocenters. The zero-order valence-electron chi connectivity index (χ0n) is 17.5. The van der Waals surface area contributed by atoms with Gasteiger partial charge >= 0.3 is 0 Å². The molecule has 5 aliphatic rings. The maximum atomic E-state index is 13.2. The Kier molecular flexibility index (Phi) is 4.33. The van der Waals surface area contributed by atoms with Crippen molar-refractivity contribution >= 4 is 11.6 Å². The van der Waals surface area contributed by atoms with Crippen molar-refractivity contribution in [1.29, 1.82) is 0 Å². The van der Waals surface area contributed by atoms with Crippen molar-refractivity contribution in [3.8, 4) is 0 Å². The summed E-state index contributed by atoms with van der Waals surface area (Å²) in [6.45, 7) is 0. The first kappa shape index (κ1) is 18.4. The van der Waals surface area contributed by atoms with Crippen molar-refractivity contribution in [3.05, 3.63) is 71.8 Å². The molecule has 3 heteroatoms. The molecular formula is C27H30N2O.